The summed E-state index contributed by atoms with van der Waals surface area (Å²) in [6.07, 6.45) is -1.63. The Bertz CT molecular complexity index is 487. The number of alkyl carbamates (subject to hydrolysis) is 1. The van der Waals surface area contributed by atoms with Gasteiger partial charge in [-0.05, 0) is 58.9 Å². The van der Waals surface area contributed by atoms with Gasteiger partial charge < -0.3 is 15.2 Å². The molecule has 0 aromatic carbocycles. The number of ether oxygens (including phenoxy) is 1. The molecule has 1 rings (SSSR count). The maximum atomic E-state index is 11.7. The van der Waals surface area contributed by atoms with Crippen LogP contribution in [0.1, 0.15) is 60.4 Å². The fourth-order valence-electron chi connectivity index (χ4n) is 1.65. The SMILES string of the molecule is C[C@H](NC(=O)OC(C)(C)C)[C@H](O)c1nnnn1C(C)(C)C. The van der Waals surface area contributed by atoms with Crippen molar-refractivity contribution >= 4 is 6.09 Å². The molecule has 0 aliphatic rings. The Morgan fingerprint density at radius 3 is 2.33 bits per heavy atom. The predicted octanol–water partition coefficient (Wildman–Crippen LogP) is 1.37. The fraction of sp³-hybridized carbons (Fsp3) is 0.846. The van der Waals surface area contributed by atoms with Crippen molar-refractivity contribution in [3.8, 4) is 0 Å². The first-order chi connectivity index (χ1) is 9.42. The molecule has 0 aliphatic carbocycles. The number of tetrazole rings is 1. The van der Waals surface area contributed by atoms with Crippen molar-refractivity contribution in [2.24, 2.45) is 0 Å². The normalized spacial score (nSPS) is 15.4. The number of nitrogens with zero attached hydrogens (tertiary/aromatic N) is 4. The first-order valence-electron chi connectivity index (χ1n) is 6.88. The van der Waals surface area contributed by atoms with Crippen LogP contribution < -0.4 is 5.32 Å². The topological polar surface area (TPSA) is 102 Å². The Morgan fingerprint density at radius 2 is 1.86 bits per heavy atom. The van der Waals surface area contributed by atoms with Crippen LogP contribution in [0.5, 0.6) is 0 Å². The quantitative estimate of drug-likeness (QED) is 0.874. The fourth-order valence-corrected chi connectivity index (χ4v) is 1.65. The molecule has 1 aromatic rings. The van der Waals surface area contributed by atoms with Gasteiger partial charge in [0.1, 0.15) is 11.7 Å². The molecule has 0 aliphatic heterocycles. The molecule has 0 unspecified atom stereocenters. The third-order valence-corrected chi connectivity index (χ3v) is 2.61. The molecule has 0 fully saturated rings. The maximum Gasteiger partial charge on any atom is 0.407 e. The van der Waals surface area contributed by atoms with E-state index in [9.17, 15) is 9.90 Å². The Kier molecular flexibility index (Phi) is 4.93. The molecule has 0 bridgehead atoms. The van der Waals surface area contributed by atoms with Crippen molar-refractivity contribution in [1.29, 1.82) is 0 Å². The molecule has 1 amide bonds. The number of carbonyl (C=O) groups is 1. The molecule has 1 heterocycles. The van der Waals surface area contributed by atoms with Crippen LogP contribution in [0.3, 0.4) is 0 Å². The van der Waals surface area contributed by atoms with E-state index in [4.69, 9.17) is 4.74 Å². The predicted molar refractivity (Wildman–Crippen MR) is 76.6 cm³/mol. The summed E-state index contributed by atoms with van der Waals surface area (Å²) in [5.74, 6) is 0.297. The van der Waals surface area contributed by atoms with E-state index in [2.05, 4.69) is 20.8 Å². The van der Waals surface area contributed by atoms with E-state index in [0.29, 0.717) is 5.82 Å². The van der Waals surface area contributed by atoms with Crippen molar-refractivity contribution in [1.82, 2.24) is 25.5 Å². The first-order valence-corrected chi connectivity index (χ1v) is 6.88. The van der Waals surface area contributed by atoms with Gasteiger partial charge in [0.05, 0.1) is 11.6 Å². The average molecular weight is 299 g/mol. The second-order valence-electron chi connectivity index (χ2n) is 7.00. The van der Waals surface area contributed by atoms with E-state index >= 15 is 0 Å². The molecule has 1 aromatic heterocycles. The Balaban J connectivity index is 2.78. The molecular formula is C13H25N5O3. The highest BCUT2D eigenvalue weighted by Gasteiger charge is 2.29. The van der Waals surface area contributed by atoms with Crippen LogP contribution in [-0.4, -0.2) is 43.0 Å². The molecule has 0 spiro atoms. The highest BCUT2D eigenvalue weighted by molar-refractivity contribution is 5.68. The zero-order valence-corrected chi connectivity index (χ0v) is 13.7. The van der Waals surface area contributed by atoms with Crippen LogP contribution >= 0.6 is 0 Å². The standard InChI is InChI=1S/C13H25N5O3/c1-8(14-11(20)21-13(5,6)7)9(19)10-15-16-17-18(10)12(2,3)4/h8-9,19H,1-7H3,(H,14,20)/t8-,9-/m0/s1. The first kappa shape index (κ1) is 17.4. The van der Waals surface area contributed by atoms with Gasteiger partial charge in [-0.2, -0.15) is 0 Å². The number of amides is 1. The van der Waals surface area contributed by atoms with Crippen molar-refractivity contribution < 1.29 is 14.6 Å². The molecule has 2 N–H and O–H groups in total. The van der Waals surface area contributed by atoms with E-state index < -0.39 is 23.8 Å². The zero-order valence-electron chi connectivity index (χ0n) is 13.7. The summed E-state index contributed by atoms with van der Waals surface area (Å²) in [6.45, 7) is 12.7. The third-order valence-electron chi connectivity index (χ3n) is 2.61. The number of rotatable bonds is 3. The van der Waals surface area contributed by atoms with Gasteiger partial charge in [0.2, 0.25) is 0 Å². The molecule has 0 saturated carbocycles. The number of hydrogen-bond donors (Lipinski definition) is 2. The number of nitrogens with one attached hydrogen (secondary N) is 1. The minimum atomic E-state index is -1.04. The minimum absolute atomic E-state index is 0.297. The third kappa shape index (κ3) is 4.96. The largest absolute Gasteiger partial charge is 0.444 e. The van der Waals surface area contributed by atoms with Crippen molar-refractivity contribution in [3.05, 3.63) is 5.82 Å². The lowest BCUT2D eigenvalue weighted by Crippen LogP contribution is -2.42. The Morgan fingerprint density at radius 1 is 1.29 bits per heavy atom. The molecule has 120 valence electrons. The van der Waals surface area contributed by atoms with Crippen LogP contribution in [-0.2, 0) is 10.3 Å². The lowest BCUT2D eigenvalue weighted by molar-refractivity contribution is 0.0419. The second kappa shape index (κ2) is 5.97. The van der Waals surface area contributed by atoms with Crippen LogP contribution in [0.4, 0.5) is 4.79 Å². The smallest absolute Gasteiger partial charge is 0.407 e. The number of aliphatic hydroxyl groups is 1. The van der Waals surface area contributed by atoms with E-state index in [1.54, 1.807) is 27.7 Å². The van der Waals surface area contributed by atoms with Crippen LogP contribution in [0.25, 0.3) is 0 Å². The lowest BCUT2D eigenvalue weighted by Gasteiger charge is -2.26. The van der Waals surface area contributed by atoms with E-state index in [1.807, 2.05) is 20.8 Å². The van der Waals surface area contributed by atoms with Gasteiger partial charge >= 0.3 is 6.09 Å². The maximum absolute atomic E-state index is 11.7. The average Bonchev–Trinajstić information content (AvgIpc) is 2.73. The van der Waals surface area contributed by atoms with Crippen molar-refractivity contribution in [2.45, 2.75) is 71.8 Å². The molecule has 8 nitrogen and oxygen atoms in total. The van der Waals surface area contributed by atoms with Gasteiger partial charge in [-0.1, -0.05) is 0 Å². The highest BCUT2D eigenvalue weighted by Crippen LogP contribution is 2.20. The monoisotopic (exact) mass is 299 g/mol. The van der Waals surface area contributed by atoms with Gasteiger partial charge in [-0.15, -0.1) is 5.10 Å². The van der Waals surface area contributed by atoms with Gasteiger partial charge in [-0.25, -0.2) is 9.48 Å². The van der Waals surface area contributed by atoms with Gasteiger partial charge in [0.25, 0.3) is 0 Å². The van der Waals surface area contributed by atoms with Gasteiger partial charge in [-0.3, -0.25) is 0 Å². The van der Waals surface area contributed by atoms with E-state index in [0.717, 1.165) is 0 Å². The number of carbonyl (C=O) groups excluding carboxylic acids is 1. The molecular weight excluding hydrogens is 274 g/mol. The Labute approximate surface area is 124 Å². The number of hydrogen-bond acceptors (Lipinski definition) is 6. The summed E-state index contributed by atoms with van der Waals surface area (Å²) in [6, 6.07) is -0.591. The van der Waals surface area contributed by atoms with E-state index in [1.165, 1.54) is 4.68 Å². The molecule has 8 heteroatoms. The molecule has 21 heavy (non-hydrogen) atoms. The molecule has 0 saturated heterocycles. The zero-order chi connectivity index (χ0) is 16.4. The van der Waals surface area contributed by atoms with Gasteiger partial charge in [0, 0.05) is 0 Å². The Hall–Kier alpha value is -1.70. The van der Waals surface area contributed by atoms with Crippen LogP contribution in [0.15, 0.2) is 0 Å². The summed E-state index contributed by atoms with van der Waals surface area (Å²) in [5, 5.41) is 24.2. The number of aliphatic hydroxyl groups excluding tert-OH is 1. The lowest BCUT2D eigenvalue weighted by atomic mass is 10.1. The summed E-state index contributed by atoms with van der Waals surface area (Å²) >= 11 is 0. The second-order valence-corrected chi connectivity index (χ2v) is 7.00. The van der Waals surface area contributed by atoms with Crippen molar-refractivity contribution in [3.63, 3.8) is 0 Å². The summed E-state index contributed by atoms with van der Waals surface area (Å²) < 4.78 is 6.69. The summed E-state index contributed by atoms with van der Waals surface area (Å²) in [7, 11) is 0. The number of aromatic nitrogens is 4. The van der Waals surface area contributed by atoms with Crippen LogP contribution in [0.2, 0.25) is 0 Å². The summed E-state index contributed by atoms with van der Waals surface area (Å²) in [5.41, 5.74) is -0.965. The van der Waals surface area contributed by atoms with Gasteiger partial charge in [0.15, 0.2) is 5.82 Å². The minimum Gasteiger partial charge on any atom is -0.444 e. The highest BCUT2D eigenvalue weighted by atomic mass is 16.6. The molecule has 2 atom stereocenters. The van der Waals surface area contributed by atoms with Crippen LogP contribution in [0, 0.1) is 0 Å². The van der Waals surface area contributed by atoms with Crippen molar-refractivity contribution in [2.75, 3.05) is 0 Å². The summed E-state index contributed by atoms with van der Waals surface area (Å²) in [4.78, 5) is 11.7. The van der Waals surface area contributed by atoms with E-state index in [-0.39, 0.29) is 5.54 Å². The molecule has 0 radical (unpaired) electrons.